The Labute approximate surface area is 90.3 Å². The Morgan fingerprint density at radius 2 is 2.33 bits per heavy atom. The Hall–Kier alpha value is -0.870. The first-order valence-electron chi connectivity index (χ1n) is 5.45. The zero-order valence-electron chi connectivity index (χ0n) is 9.62. The molecule has 1 aliphatic carbocycles. The van der Waals surface area contributed by atoms with Gasteiger partial charge in [0, 0.05) is 29.9 Å². The molecule has 0 radical (unpaired) electrons. The quantitative estimate of drug-likeness (QED) is 0.774. The van der Waals surface area contributed by atoms with Gasteiger partial charge in [-0.15, -0.1) is 0 Å². The van der Waals surface area contributed by atoms with E-state index in [1.807, 2.05) is 17.9 Å². The van der Waals surface area contributed by atoms with Crippen LogP contribution in [0.4, 0.5) is 0 Å². The number of aliphatic hydroxyl groups is 1. The Morgan fingerprint density at radius 3 is 2.73 bits per heavy atom. The minimum atomic E-state index is -0.0122. The molecule has 4 heteroatoms. The van der Waals surface area contributed by atoms with Gasteiger partial charge in [0.05, 0.1) is 12.8 Å². The molecule has 0 aromatic carbocycles. The van der Waals surface area contributed by atoms with E-state index in [1.165, 1.54) is 11.3 Å². The second-order valence-electron chi connectivity index (χ2n) is 4.61. The van der Waals surface area contributed by atoms with Gasteiger partial charge in [0.25, 0.3) is 0 Å². The molecule has 84 valence electrons. The first kappa shape index (κ1) is 10.6. The molecular formula is C11H19N3O. The molecule has 0 amide bonds. The lowest BCUT2D eigenvalue weighted by molar-refractivity contribution is 0.221. The van der Waals surface area contributed by atoms with E-state index in [-0.39, 0.29) is 18.2 Å². The smallest absolute Gasteiger partial charge is 0.0613 e. The summed E-state index contributed by atoms with van der Waals surface area (Å²) in [6.45, 7) is 4.43. The number of aromatic nitrogens is 2. The SMILES string of the molecule is Cc1c(C(C)NC2(CO)CC2)cnn1C. The first-order valence-corrected chi connectivity index (χ1v) is 5.45. The van der Waals surface area contributed by atoms with Crippen LogP contribution < -0.4 is 5.32 Å². The standard InChI is InChI=1S/C11H19N3O/c1-8(13-11(7-15)4-5-11)10-6-12-14(3)9(10)2/h6,8,13,15H,4-5,7H2,1-3H3. The molecule has 0 bridgehead atoms. The molecule has 1 unspecified atom stereocenters. The van der Waals surface area contributed by atoms with Gasteiger partial charge >= 0.3 is 0 Å². The summed E-state index contributed by atoms with van der Waals surface area (Å²) in [5.41, 5.74) is 2.39. The number of aliphatic hydroxyl groups excluding tert-OH is 1. The van der Waals surface area contributed by atoms with Gasteiger partial charge in [0.2, 0.25) is 0 Å². The molecule has 0 saturated heterocycles. The van der Waals surface area contributed by atoms with Crippen molar-refractivity contribution in [3.8, 4) is 0 Å². The van der Waals surface area contributed by atoms with Gasteiger partial charge in [0.1, 0.15) is 0 Å². The molecule has 2 N–H and O–H groups in total. The average molecular weight is 209 g/mol. The zero-order valence-corrected chi connectivity index (χ0v) is 9.62. The summed E-state index contributed by atoms with van der Waals surface area (Å²) in [5.74, 6) is 0. The van der Waals surface area contributed by atoms with E-state index in [2.05, 4.69) is 24.3 Å². The van der Waals surface area contributed by atoms with Crippen LogP contribution in [0.2, 0.25) is 0 Å². The second kappa shape index (κ2) is 3.61. The summed E-state index contributed by atoms with van der Waals surface area (Å²) in [7, 11) is 1.95. The summed E-state index contributed by atoms with van der Waals surface area (Å²) in [5, 5.41) is 17.0. The molecule has 2 rings (SSSR count). The van der Waals surface area contributed by atoms with E-state index in [1.54, 1.807) is 0 Å². The summed E-state index contributed by atoms with van der Waals surface area (Å²) in [6, 6.07) is 0.258. The van der Waals surface area contributed by atoms with Crippen LogP contribution in [-0.2, 0) is 7.05 Å². The van der Waals surface area contributed by atoms with Crippen molar-refractivity contribution in [1.29, 1.82) is 0 Å². The highest BCUT2D eigenvalue weighted by atomic mass is 16.3. The van der Waals surface area contributed by atoms with E-state index in [4.69, 9.17) is 0 Å². The van der Waals surface area contributed by atoms with Crippen LogP contribution in [0.5, 0.6) is 0 Å². The average Bonchev–Trinajstić information content (AvgIpc) is 2.90. The first-order chi connectivity index (χ1) is 7.08. The molecule has 0 aliphatic heterocycles. The molecule has 1 heterocycles. The van der Waals surface area contributed by atoms with Crippen molar-refractivity contribution in [2.45, 2.75) is 38.3 Å². The molecule has 1 aromatic heterocycles. The van der Waals surface area contributed by atoms with Crippen LogP contribution in [0.1, 0.15) is 37.1 Å². The molecule has 1 atom stereocenters. The molecule has 1 aromatic rings. The highest BCUT2D eigenvalue weighted by molar-refractivity contribution is 5.21. The van der Waals surface area contributed by atoms with Crippen molar-refractivity contribution in [2.75, 3.05) is 6.61 Å². The van der Waals surface area contributed by atoms with Crippen LogP contribution in [0.3, 0.4) is 0 Å². The fourth-order valence-electron chi connectivity index (χ4n) is 1.98. The van der Waals surface area contributed by atoms with Crippen LogP contribution in [-0.4, -0.2) is 27.0 Å². The number of aryl methyl sites for hydroxylation is 1. The molecule has 15 heavy (non-hydrogen) atoms. The third-order valence-corrected chi connectivity index (χ3v) is 3.42. The highest BCUT2D eigenvalue weighted by Crippen LogP contribution is 2.37. The van der Waals surface area contributed by atoms with Crippen molar-refractivity contribution < 1.29 is 5.11 Å². The van der Waals surface area contributed by atoms with Gasteiger partial charge in [-0.1, -0.05) is 0 Å². The summed E-state index contributed by atoms with van der Waals surface area (Å²) < 4.78 is 1.88. The Kier molecular flexibility index (Phi) is 2.56. The maximum absolute atomic E-state index is 9.24. The largest absolute Gasteiger partial charge is 0.394 e. The molecule has 1 fully saturated rings. The summed E-state index contributed by atoms with van der Waals surface area (Å²) in [4.78, 5) is 0. The van der Waals surface area contributed by atoms with Crippen LogP contribution >= 0.6 is 0 Å². The topological polar surface area (TPSA) is 50.1 Å². The van der Waals surface area contributed by atoms with Gasteiger partial charge in [-0.25, -0.2) is 0 Å². The predicted octanol–water partition coefficient (Wildman–Crippen LogP) is 0.904. The minimum Gasteiger partial charge on any atom is -0.394 e. The summed E-state index contributed by atoms with van der Waals surface area (Å²) in [6.07, 6.45) is 4.06. The fourth-order valence-corrected chi connectivity index (χ4v) is 1.98. The number of hydrogen-bond acceptors (Lipinski definition) is 3. The monoisotopic (exact) mass is 209 g/mol. The Morgan fingerprint density at radius 1 is 1.67 bits per heavy atom. The van der Waals surface area contributed by atoms with Crippen molar-refractivity contribution in [3.05, 3.63) is 17.5 Å². The molecule has 1 saturated carbocycles. The van der Waals surface area contributed by atoms with Gasteiger partial charge in [-0.3, -0.25) is 4.68 Å². The van der Waals surface area contributed by atoms with E-state index >= 15 is 0 Å². The maximum atomic E-state index is 9.24. The van der Waals surface area contributed by atoms with Crippen LogP contribution in [0.15, 0.2) is 6.20 Å². The molecule has 1 aliphatic rings. The third-order valence-electron chi connectivity index (χ3n) is 3.42. The lowest BCUT2D eigenvalue weighted by Gasteiger charge is -2.20. The zero-order chi connectivity index (χ0) is 11.1. The Balaban J connectivity index is 2.08. The summed E-state index contributed by atoms with van der Waals surface area (Å²) >= 11 is 0. The second-order valence-corrected chi connectivity index (χ2v) is 4.61. The third kappa shape index (κ3) is 1.92. The van der Waals surface area contributed by atoms with Crippen molar-refractivity contribution >= 4 is 0 Å². The lowest BCUT2D eigenvalue weighted by Crippen LogP contribution is -2.36. The lowest BCUT2D eigenvalue weighted by atomic mass is 10.1. The van der Waals surface area contributed by atoms with Crippen LogP contribution in [0, 0.1) is 6.92 Å². The number of rotatable bonds is 4. The van der Waals surface area contributed by atoms with E-state index in [0.717, 1.165) is 12.8 Å². The van der Waals surface area contributed by atoms with Gasteiger partial charge in [0.15, 0.2) is 0 Å². The number of nitrogens with one attached hydrogen (secondary N) is 1. The minimum absolute atomic E-state index is 0.0122. The van der Waals surface area contributed by atoms with Crippen LogP contribution in [0.25, 0.3) is 0 Å². The van der Waals surface area contributed by atoms with Crippen molar-refractivity contribution in [3.63, 3.8) is 0 Å². The normalized spacial score (nSPS) is 20.3. The van der Waals surface area contributed by atoms with E-state index in [0.29, 0.717) is 0 Å². The van der Waals surface area contributed by atoms with Gasteiger partial charge in [-0.05, 0) is 26.7 Å². The van der Waals surface area contributed by atoms with E-state index in [9.17, 15) is 5.11 Å². The maximum Gasteiger partial charge on any atom is 0.0613 e. The highest BCUT2D eigenvalue weighted by Gasteiger charge is 2.43. The fraction of sp³-hybridized carbons (Fsp3) is 0.727. The van der Waals surface area contributed by atoms with Gasteiger partial charge in [-0.2, -0.15) is 5.10 Å². The van der Waals surface area contributed by atoms with Crippen molar-refractivity contribution in [2.24, 2.45) is 7.05 Å². The molecular weight excluding hydrogens is 190 g/mol. The number of hydrogen-bond donors (Lipinski definition) is 2. The van der Waals surface area contributed by atoms with Crippen molar-refractivity contribution in [1.82, 2.24) is 15.1 Å². The predicted molar refractivity (Wildman–Crippen MR) is 58.5 cm³/mol. The van der Waals surface area contributed by atoms with Gasteiger partial charge < -0.3 is 10.4 Å². The molecule has 4 nitrogen and oxygen atoms in total. The Bertz CT molecular complexity index is 355. The van der Waals surface area contributed by atoms with E-state index < -0.39 is 0 Å². The number of nitrogens with zero attached hydrogens (tertiary/aromatic N) is 2. The molecule has 0 spiro atoms.